The summed E-state index contributed by atoms with van der Waals surface area (Å²) in [5.74, 6) is 0.211. The highest BCUT2D eigenvalue weighted by atomic mass is 35.5. The minimum atomic E-state index is -3.21. The van der Waals surface area contributed by atoms with E-state index >= 15 is 0 Å². The Morgan fingerprint density at radius 2 is 2.22 bits per heavy atom. The van der Waals surface area contributed by atoms with Crippen LogP contribution in [0, 0.1) is 0 Å². The highest BCUT2D eigenvalue weighted by molar-refractivity contribution is 7.89. The fourth-order valence-electron chi connectivity index (χ4n) is 2.84. The standard InChI is InChI=1S/C16H20ClN3O2S/c1-2-3-9-23(21,22)20-8-7-15-14(11-20)16(19-18-15)12-5-4-6-13(17)10-12/h4-6,10H,2-3,7-9,11H2,1H3,(H,18,19). The van der Waals surface area contributed by atoms with Gasteiger partial charge in [0.15, 0.2) is 0 Å². The van der Waals surface area contributed by atoms with Gasteiger partial charge in [0.25, 0.3) is 0 Å². The van der Waals surface area contributed by atoms with Crippen molar-refractivity contribution in [3.05, 3.63) is 40.5 Å². The van der Waals surface area contributed by atoms with Gasteiger partial charge in [0.1, 0.15) is 0 Å². The number of halogens is 1. The number of sulfonamides is 1. The van der Waals surface area contributed by atoms with Gasteiger partial charge in [0.2, 0.25) is 10.0 Å². The molecule has 0 fully saturated rings. The molecular formula is C16H20ClN3O2S. The van der Waals surface area contributed by atoms with Crippen LogP contribution in [0.3, 0.4) is 0 Å². The summed E-state index contributed by atoms with van der Waals surface area (Å²) in [6.07, 6.45) is 2.23. The summed E-state index contributed by atoms with van der Waals surface area (Å²) in [6, 6.07) is 7.47. The third-order valence-electron chi connectivity index (χ3n) is 4.15. The first-order valence-corrected chi connectivity index (χ1v) is 9.80. The van der Waals surface area contributed by atoms with Gasteiger partial charge in [-0.1, -0.05) is 37.1 Å². The molecule has 1 aromatic carbocycles. The van der Waals surface area contributed by atoms with Crippen molar-refractivity contribution in [3.8, 4) is 11.3 Å². The summed E-state index contributed by atoms with van der Waals surface area (Å²) in [6.45, 7) is 2.88. The van der Waals surface area contributed by atoms with Crippen LogP contribution < -0.4 is 0 Å². The van der Waals surface area contributed by atoms with Gasteiger partial charge in [-0.05, 0) is 18.6 Å². The molecule has 7 heteroatoms. The Morgan fingerprint density at radius 1 is 1.39 bits per heavy atom. The largest absolute Gasteiger partial charge is 0.282 e. The van der Waals surface area contributed by atoms with E-state index < -0.39 is 10.0 Å². The Kier molecular flexibility index (Phi) is 4.75. The predicted molar refractivity (Wildman–Crippen MR) is 91.8 cm³/mol. The average molecular weight is 354 g/mol. The zero-order valence-corrected chi connectivity index (χ0v) is 14.6. The topological polar surface area (TPSA) is 66.1 Å². The minimum absolute atomic E-state index is 0.211. The van der Waals surface area contributed by atoms with Crippen molar-refractivity contribution in [2.45, 2.75) is 32.7 Å². The van der Waals surface area contributed by atoms with Crippen LogP contribution in [-0.2, 0) is 23.0 Å². The van der Waals surface area contributed by atoms with Crippen molar-refractivity contribution in [1.82, 2.24) is 14.5 Å². The van der Waals surface area contributed by atoms with Crippen molar-refractivity contribution in [1.29, 1.82) is 0 Å². The maximum absolute atomic E-state index is 12.5. The lowest BCUT2D eigenvalue weighted by Crippen LogP contribution is -2.37. The second-order valence-corrected chi connectivity index (χ2v) is 8.32. The van der Waals surface area contributed by atoms with E-state index in [9.17, 15) is 8.42 Å². The molecule has 0 saturated heterocycles. The summed E-state index contributed by atoms with van der Waals surface area (Å²) in [7, 11) is -3.21. The lowest BCUT2D eigenvalue weighted by molar-refractivity contribution is 0.389. The molecule has 0 spiro atoms. The molecule has 1 N–H and O–H groups in total. The summed E-state index contributed by atoms with van der Waals surface area (Å²) in [5, 5.41) is 8.07. The number of aromatic nitrogens is 2. The molecule has 1 aromatic heterocycles. The Labute approximate surface area is 141 Å². The fourth-order valence-corrected chi connectivity index (χ4v) is 4.64. The molecule has 0 saturated carbocycles. The van der Waals surface area contributed by atoms with Crippen LogP contribution in [0.5, 0.6) is 0 Å². The number of aromatic amines is 1. The molecule has 2 heterocycles. The first-order valence-electron chi connectivity index (χ1n) is 7.81. The SMILES string of the molecule is CCCCS(=O)(=O)N1CCc2[nH]nc(-c3cccc(Cl)c3)c2C1. The molecule has 0 unspecified atom stereocenters. The van der Waals surface area contributed by atoms with Crippen molar-refractivity contribution in [2.24, 2.45) is 0 Å². The van der Waals surface area contributed by atoms with Crippen LogP contribution in [0.2, 0.25) is 5.02 Å². The Morgan fingerprint density at radius 3 is 2.96 bits per heavy atom. The van der Waals surface area contributed by atoms with Gasteiger partial charge >= 0.3 is 0 Å². The second-order valence-electron chi connectivity index (χ2n) is 5.79. The normalized spacial score (nSPS) is 15.6. The number of benzene rings is 1. The Hall–Kier alpha value is -1.37. The summed E-state index contributed by atoms with van der Waals surface area (Å²) in [4.78, 5) is 0. The fraction of sp³-hybridized carbons (Fsp3) is 0.438. The molecule has 124 valence electrons. The van der Waals surface area contributed by atoms with E-state index in [1.165, 1.54) is 0 Å². The number of H-pyrrole nitrogens is 1. The quantitative estimate of drug-likeness (QED) is 0.897. The maximum atomic E-state index is 12.5. The van der Waals surface area contributed by atoms with Crippen LogP contribution in [0.4, 0.5) is 0 Å². The first kappa shape index (κ1) is 16.5. The van der Waals surface area contributed by atoms with Gasteiger partial charge < -0.3 is 0 Å². The molecule has 23 heavy (non-hydrogen) atoms. The maximum Gasteiger partial charge on any atom is 0.214 e. The van der Waals surface area contributed by atoms with Crippen LogP contribution in [0.25, 0.3) is 11.3 Å². The smallest absolute Gasteiger partial charge is 0.214 e. The van der Waals surface area contributed by atoms with Crippen LogP contribution in [-0.4, -0.2) is 35.2 Å². The Bertz CT molecular complexity index is 801. The molecule has 1 aliphatic rings. The molecule has 3 rings (SSSR count). The van der Waals surface area contributed by atoms with Crippen LogP contribution in [0.1, 0.15) is 31.0 Å². The molecule has 2 aromatic rings. The Balaban J connectivity index is 1.90. The highest BCUT2D eigenvalue weighted by Gasteiger charge is 2.29. The van der Waals surface area contributed by atoms with Crippen LogP contribution >= 0.6 is 11.6 Å². The van der Waals surface area contributed by atoms with E-state index in [2.05, 4.69) is 10.2 Å². The number of rotatable bonds is 5. The van der Waals surface area contributed by atoms with E-state index in [0.717, 1.165) is 28.9 Å². The predicted octanol–water partition coefficient (Wildman–Crippen LogP) is 3.22. The number of hydrogen-bond acceptors (Lipinski definition) is 3. The minimum Gasteiger partial charge on any atom is -0.282 e. The molecule has 1 aliphatic heterocycles. The van der Waals surface area contributed by atoms with Crippen molar-refractivity contribution in [3.63, 3.8) is 0 Å². The van der Waals surface area contributed by atoms with Crippen molar-refractivity contribution < 1.29 is 8.42 Å². The average Bonchev–Trinajstić information content (AvgIpc) is 2.96. The number of nitrogens with one attached hydrogen (secondary N) is 1. The number of fused-ring (bicyclic) bond motifs is 1. The monoisotopic (exact) mass is 353 g/mol. The number of hydrogen-bond donors (Lipinski definition) is 1. The molecule has 0 amide bonds. The van der Waals surface area contributed by atoms with E-state index in [4.69, 9.17) is 11.6 Å². The van der Waals surface area contributed by atoms with E-state index in [1.54, 1.807) is 4.31 Å². The van der Waals surface area contributed by atoms with Gasteiger partial charge in [-0.2, -0.15) is 9.40 Å². The van der Waals surface area contributed by atoms with Gasteiger partial charge in [-0.15, -0.1) is 0 Å². The zero-order chi connectivity index (χ0) is 16.4. The molecular weight excluding hydrogens is 334 g/mol. The second kappa shape index (κ2) is 6.63. The summed E-state index contributed by atoms with van der Waals surface area (Å²) >= 11 is 6.06. The van der Waals surface area contributed by atoms with Crippen molar-refractivity contribution >= 4 is 21.6 Å². The molecule has 5 nitrogen and oxygen atoms in total. The molecule has 0 aliphatic carbocycles. The number of unbranched alkanes of at least 4 members (excludes halogenated alkanes) is 1. The first-order chi connectivity index (χ1) is 11.0. The molecule has 0 bridgehead atoms. The summed E-state index contributed by atoms with van der Waals surface area (Å²) < 4.78 is 26.5. The third kappa shape index (κ3) is 3.44. The van der Waals surface area contributed by atoms with E-state index in [-0.39, 0.29) is 5.75 Å². The summed E-state index contributed by atoms with van der Waals surface area (Å²) in [5.41, 5.74) is 3.67. The van der Waals surface area contributed by atoms with Gasteiger partial charge in [-0.3, -0.25) is 5.10 Å². The van der Waals surface area contributed by atoms with Crippen molar-refractivity contribution in [2.75, 3.05) is 12.3 Å². The van der Waals surface area contributed by atoms with Gasteiger partial charge in [-0.25, -0.2) is 8.42 Å². The molecule has 0 radical (unpaired) electrons. The van der Waals surface area contributed by atoms with E-state index in [0.29, 0.717) is 31.0 Å². The zero-order valence-electron chi connectivity index (χ0n) is 13.0. The van der Waals surface area contributed by atoms with Gasteiger partial charge in [0.05, 0.1) is 11.4 Å². The third-order valence-corrected chi connectivity index (χ3v) is 6.28. The number of nitrogens with zero attached hydrogens (tertiary/aromatic N) is 2. The lowest BCUT2D eigenvalue weighted by Gasteiger charge is -2.26. The highest BCUT2D eigenvalue weighted by Crippen LogP contribution is 2.30. The van der Waals surface area contributed by atoms with Gasteiger partial charge in [0, 0.05) is 41.4 Å². The van der Waals surface area contributed by atoms with E-state index in [1.807, 2.05) is 31.2 Å². The molecule has 0 atom stereocenters. The lowest BCUT2D eigenvalue weighted by atomic mass is 10.0. The van der Waals surface area contributed by atoms with Crippen LogP contribution in [0.15, 0.2) is 24.3 Å².